The predicted octanol–water partition coefficient (Wildman–Crippen LogP) is 1.98. The molecule has 2 N–H and O–H groups in total. The molecular weight excluding hydrogens is 218 g/mol. The number of hydrogen-bond acceptors (Lipinski definition) is 2. The van der Waals surface area contributed by atoms with Gasteiger partial charge in [0.1, 0.15) is 0 Å². The van der Waals surface area contributed by atoms with Crippen LogP contribution < -0.4 is 10.7 Å². The van der Waals surface area contributed by atoms with Gasteiger partial charge in [0.25, 0.3) is 0 Å². The van der Waals surface area contributed by atoms with E-state index in [1.807, 2.05) is 6.92 Å². The van der Waals surface area contributed by atoms with Crippen LogP contribution in [-0.2, 0) is 0 Å². The normalized spacial score (nSPS) is 28.4. The van der Waals surface area contributed by atoms with E-state index < -0.39 is 0 Å². The summed E-state index contributed by atoms with van der Waals surface area (Å²) in [5.41, 5.74) is 5.16. The van der Waals surface area contributed by atoms with Crippen molar-refractivity contribution in [3.63, 3.8) is 0 Å². The minimum absolute atomic E-state index is 0.566. The first-order valence-electron chi connectivity index (χ1n) is 5.58. The summed E-state index contributed by atoms with van der Waals surface area (Å²) in [4.78, 5) is 0. The van der Waals surface area contributed by atoms with E-state index in [0.717, 1.165) is 17.9 Å². The van der Waals surface area contributed by atoms with E-state index in [9.17, 15) is 0 Å². The molecule has 2 aliphatic carbocycles. The van der Waals surface area contributed by atoms with Crippen LogP contribution in [0.3, 0.4) is 0 Å². The van der Waals surface area contributed by atoms with Gasteiger partial charge in [-0.1, -0.05) is 24.3 Å². The van der Waals surface area contributed by atoms with Crippen molar-refractivity contribution >= 4 is 23.0 Å². The number of rotatable bonds is 3. The molecule has 0 aromatic heterocycles. The fourth-order valence-corrected chi connectivity index (χ4v) is 2.17. The van der Waals surface area contributed by atoms with E-state index in [0.29, 0.717) is 17.6 Å². The Morgan fingerprint density at radius 3 is 3.19 bits per heavy atom. The third-order valence-corrected chi connectivity index (χ3v) is 3.23. The number of allylic oxidation sites excluding steroid dienone is 2. The molecule has 0 saturated heterocycles. The van der Waals surface area contributed by atoms with Crippen molar-refractivity contribution in [3.8, 4) is 0 Å². The largest absolute Gasteiger partial charge is 0.358 e. The van der Waals surface area contributed by atoms with Gasteiger partial charge in [0.05, 0.1) is 0 Å². The quantitative estimate of drug-likeness (QED) is 0.446. The Morgan fingerprint density at radius 2 is 2.50 bits per heavy atom. The lowest BCUT2D eigenvalue weighted by molar-refractivity contribution is 0.444. The van der Waals surface area contributed by atoms with Crippen LogP contribution in [-0.4, -0.2) is 17.4 Å². The Hall–Kier alpha value is -1.16. The van der Waals surface area contributed by atoms with Gasteiger partial charge < -0.3 is 5.32 Å². The molecule has 1 saturated carbocycles. The fraction of sp³-hybridized carbons (Fsp3) is 0.500. The molecule has 4 heteroatoms. The van der Waals surface area contributed by atoms with Crippen LogP contribution in [0.15, 0.2) is 29.4 Å². The second kappa shape index (κ2) is 4.78. The number of nitrogens with one attached hydrogen (secondary N) is 2. The molecule has 0 aliphatic heterocycles. The molecule has 0 amide bonds. The lowest BCUT2D eigenvalue weighted by Gasteiger charge is -2.31. The summed E-state index contributed by atoms with van der Waals surface area (Å²) in [7, 11) is 0. The van der Waals surface area contributed by atoms with Crippen LogP contribution in [0.4, 0.5) is 0 Å². The molecule has 16 heavy (non-hydrogen) atoms. The zero-order valence-electron chi connectivity index (χ0n) is 9.49. The van der Waals surface area contributed by atoms with Crippen LogP contribution in [0.5, 0.6) is 0 Å². The monoisotopic (exact) mass is 235 g/mol. The summed E-state index contributed by atoms with van der Waals surface area (Å²) >= 11 is 5.09. The Morgan fingerprint density at radius 1 is 1.69 bits per heavy atom. The predicted molar refractivity (Wildman–Crippen MR) is 71.3 cm³/mol. The smallest absolute Gasteiger partial charge is 0.187 e. The summed E-state index contributed by atoms with van der Waals surface area (Å²) in [5.74, 6) is 1.37. The molecular formula is C12H17N3S. The number of hydrogen-bond donors (Lipinski definition) is 2. The molecule has 0 radical (unpaired) electrons. The van der Waals surface area contributed by atoms with Crippen molar-refractivity contribution < 1.29 is 0 Å². The molecule has 0 spiro atoms. The summed E-state index contributed by atoms with van der Waals surface area (Å²) < 4.78 is 0. The maximum atomic E-state index is 5.09. The lowest BCUT2D eigenvalue weighted by atomic mass is 9.74. The fourth-order valence-electron chi connectivity index (χ4n) is 2.05. The van der Waals surface area contributed by atoms with E-state index in [1.165, 1.54) is 12.1 Å². The molecule has 2 aliphatic rings. The highest BCUT2D eigenvalue weighted by molar-refractivity contribution is 7.80. The van der Waals surface area contributed by atoms with Crippen LogP contribution in [0.1, 0.15) is 19.8 Å². The van der Waals surface area contributed by atoms with Gasteiger partial charge in [-0.2, -0.15) is 5.10 Å². The van der Waals surface area contributed by atoms with Gasteiger partial charge in [-0.3, -0.25) is 5.43 Å². The van der Waals surface area contributed by atoms with E-state index >= 15 is 0 Å². The maximum Gasteiger partial charge on any atom is 0.187 e. The van der Waals surface area contributed by atoms with Crippen molar-refractivity contribution in [3.05, 3.63) is 24.3 Å². The second-order valence-corrected chi connectivity index (χ2v) is 4.92. The maximum absolute atomic E-state index is 5.09. The molecule has 0 bridgehead atoms. The van der Waals surface area contributed by atoms with Crippen molar-refractivity contribution in [1.82, 2.24) is 10.7 Å². The van der Waals surface area contributed by atoms with E-state index in [1.54, 1.807) is 0 Å². The first kappa shape index (κ1) is 11.3. The van der Waals surface area contributed by atoms with Gasteiger partial charge in [-0.25, -0.2) is 0 Å². The van der Waals surface area contributed by atoms with Gasteiger partial charge in [0, 0.05) is 18.2 Å². The van der Waals surface area contributed by atoms with Crippen molar-refractivity contribution in [2.75, 3.05) is 6.54 Å². The zero-order chi connectivity index (χ0) is 11.5. The summed E-state index contributed by atoms with van der Waals surface area (Å²) in [5, 5.41) is 7.94. The first-order chi connectivity index (χ1) is 7.66. The van der Waals surface area contributed by atoms with Crippen LogP contribution >= 0.6 is 12.2 Å². The third-order valence-electron chi connectivity index (χ3n) is 3.00. The Labute approximate surface area is 102 Å². The van der Waals surface area contributed by atoms with Gasteiger partial charge >= 0.3 is 0 Å². The SMILES string of the molecule is C=C(C)CNC(=S)NN=C1CC2CC=CC12. The van der Waals surface area contributed by atoms with Crippen LogP contribution in [0, 0.1) is 11.8 Å². The van der Waals surface area contributed by atoms with Crippen LogP contribution in [0.25, 0.3) is 0 Å². The molecule has 0 aromatic carbocycles. The zero-order valence-corrected chi connectivity index (χ0v) is 10.3. The molecule has 2 rings (SSSR count). The molecule has 3 nitrogen and oxygen atoms in total. The number of hydrazone groups is 1. The van der Waals surface area contributed by atoms with Gasteiger partial charge in [0.15, 0.2) is 5.11 Å². The number of nitrogens with zero attached hydrogens (tertiary/aromatic N) is 1. The molecule has 1 fully saturated rings. The van der Waals surface area contributed by atoms with Gasteiger partial charge in [-0.05, 0) is 37.9 Å². The molecule has 86 valence electrons. The highest BCUT2D eigenvalue weighted by Crippen LogP contribution is 2.39. The highest BCUT2D eigenvalue weighted by Gasteiger charge is 2.37. The average molecular weight is 235 g/mol. The Bertz CT molecular complexity index is 370. The average Bonchev–Trinajstić information content (AvgIpc) is 2.57. The molecule has 2 atom stereocenters. The van der Waals surface area contributed by atoms with E-state index in [2.05, 4.69) is 34.6 Å². The number of fused-ring (bicyclic) bond motifs is 1. The number of thiocarbonyl (C=S) groups is 1. The molecule has 0 aromatic rings. The van der Waals surface area contributed by atoms with E-state index in [4.69, 9.17) is 12.2 Å². The summed E-state index contributed by atoms with van der Waals surface area (Å²) in [6.45, 7) is 6.46. The summed E-state index contributed by atoms with van der Waals surface area (Å²) in [6, 6.07) is 0. The van der Waals surface area contributed by atoms with Crippen molar-refractivity contribution in [2.24, 2.45) is 16.9 Å². The molecule has 0 heterocycles. The van der Waals surface area contributed by atoms with Crippen LogP contribution in [0.2, 0.25) is 0 Å². The third kappa shape index (κ3) is 2.50. The lowest BCUT2D eigenvalue weighted by Crippen LogP contribution is -2.38. The Kier molecular flexibility index (Phi) is 3.39. The topological polar surface area (TPSA) is 36.4 Å². The summed E-state index contributed by atoms with van der Waals surface area (Å²) in [6.07, 6.45) is 6.81. The Balaban J connectivity index is 1.74. The highest BCUT2D eigenvalue weighted by atomic mass is 32.1. The van der Waals surface area contributed by atoms with Gasteiger partial charge in [0.2, 0.25) is 0 Å². The van der Waals surface area contributed by atoms with E-state index in [-0.39, 0.29) is 0 Å². The van der Waals surface area contributed by atoms with Crippen molar-refractivity contribution in [2.45, 2.75) is 19.8 Å². The minimum atomic E-state index is 0.566. The first-order valence-corrected chi connectivity index (χ1v) is 5.99. The standard InChI is InChI=1S/C12H17N3S/c1-8(2)7-13-12(16)15-14-11-6-9-4-3-5-10(9)11/h3,5,9-10H,1,4,6-7H2,2H3,(H2,13,15,16). The second-order valence-electron chi connectivity index (χ2n) is 4.51. The molecule has 2 unspecified atom stereocenters. The van der Waals surface area contributed by atoms with Gasteiger partial charge in [-0.15, -0.1) is 0 Å². The minimum Gasteiger partial charge on any atom is -0.358 e. The van der Waals surface area contributed by atoms with Crippen molar-refractivity contribution in [1.29, 1.82) is 0 Å².